The smallest absolute Gasteiger partial charge is 0.253 e. The van der Waals surface area contributed by atoms with Gasteiger partial charge in [0.15, 0.2) is 0 Å². The van der Waals surface area contributed by atoms with Crippen molar-refractivity contribution in [1.29, 1.82) is 0 Å². The Kier molecular flexibility index (Phi) is 4.91. The standard InChI is InChI=1S/C15H24N2O/c1-15(2,3)13-8-6-12(7-9-13)14(18)17(4)11-5-10-16/h6-9H,5,10-11,16H2,1-4H3. The van der Waals surface area contributed by atoms with Gasteiger partial charge in [0.2, 0.25) is 0 Å². The predicted octanol–water partition coefficient (Wildman–Crippen LogP) is 2.40. The van der Waals surface area contributed by atoms with Crippen molar-refractivity contribution in [3.8, 4) is 0 Å². The first-order chi connectivity index (χ1) is 8.36. The van der Waals surface area contributed by atoms with Gasteiger partial charge in [0.1, 0.15) is 0 Å². The Morgan fingerprint density at radius 2 is 1.78 bits per heavy atom. The molecule has 1 aromatic carbocycles. The van der Waals surface area contributed by atoms with Crippen molar-refractivity contribution in [2.75, 3.05) is 20.1 Å². The van der Waals surface area contributed by atoms with Gasteiger partial charge in [-0.3, -0.25) is 4.79 Å². The number of hydrogen-bond acceptors (Lipinski definition) is 2. The highest BCUT2D eigenvalue weighted by Gasteiger charge is 2.15. The van der Waals surface area contributed by atoms with E-state index in [0.29, 0.717) is 13.1 Å². The molecule has 0 spiro atoms. The Morgan fingerprint density at radius 1 is 1.22 bits per heavy atom. The molecule has 0 saturated carbocycles. The van der Waals surface area contributed by atoms with Crippen LogP contribution in [0.15, 0.2) is 24.3 Å². The van der Waals surface area contributed by atoms with Crippen LogP contribution >= 0.6 is 0 Å². The third-order valence-electron chi connectivity index (χ3n) is 3.04. The van der Waals surface area contributed by atoms with Crippen molar-refractivity contribution >= 4 is 5.91 Å². The van der Waals surface area contributed by atoms with E-state index in [9.17, 15) is 4.79 Å². The van der Waals surface area contributed by atoms with Gasteiger partial charge in [-0.05, 0) is 36.1 Å². The van der Waals surface area contributed by atoms with Crippen LogP contribution in [0.1, 0.15) is 43.1 Å². The zero-order valence-electron chi connectivity index (χ0n) is 11.9. The SMILES string of the molecule is CN(CCCN)C(=O)c1ccc(C(C)(C)C)cc1. The van der Waals surface area contributed by atoms with E-state index in [2.05, 4.69) is 20.8 Å². The molecule has 0 aliphatic heterocycles. The molecule has 0 aliphatic rings. The van der Waals surface area contributed by atoms with Crippen LogP contribution in [0.2, 0.25) is 0 Å². The largest absolute Gasteiger partial charge is 0.342 e. The molecule has 0 saturated heterocycles. The number of carbonyl (C=O) groups excluding carboxylic acids is 1. The number of hydrogen-bond donors (Lipinski definition) is 1. The van der Waals surface area contributed by atoms with Gasteiger partial charge in [-0.25, -0.2) is 0 Å². The first-order valence-corrected chi connectivity index (χ1v) is 6.42. The molecule has 2 N–H and O–H groups in total. The van der Waals surface area contributed by atoms with Gasteiger partial charge in [0, 0.05) is 19.2 Å². The van der Waals surface area contributed by atoms with Crippen molar-refractivity contribution in [2.45, 2.75) is 32.6 Å². The minimum absolute atomic E-state index is 0.0592. The molecule has 0 aliphatic carbocycles. The Morgan fingerprint density at radius 3 is 2.22 bits per heavy atom. The number of nitrogens with two attached hydrogens (primary N) is 1. The summed E-state index contributed by atoms with van der Waals surface area (Å²) in [5.74, 6) is 0.0592. The fourth-order valence-corrected chi connectivity index (χ4v) is 1.76. The molecular formula is C15H24N2O. The first-order valence-electron chi connectivity index (χ1n) is 6.42. The molecule has 0 bridgehead atoms. The fourth-order valence-electron chi connectivity index (χ4n) is 1.76. The van der Waals surface area contributed by atoms with Crippen LogP contribution in [0.25, 0.3) is 0 Å². The summed E-state index contributed by atoms with van der Waals surface area (Å²) >= 11 is 0. The first kappa shape index (κ1) is 14.7. The van der Waals surface area contributed by atoms with Gasteiger partial charge < -0.3 is 10.6 Å². The summed E-state index contributed by atoms with van der Waals surface area (Å²) in [4.78, 5) is 13.8. The van der Waals surface area contributed by atoms with Crippen molar-refractivity contribution < 1.29 is 4.79 Å². The molecule has 0 aromatic heterocycles. The average molecular weight is 248 g/mol. The molecule has 0 heterocycles. The predicted molar refractivity (Wildman–Crippen MR) is 75.8 cm³/mol. The lowest BCUT2D eigenvalue weighted by Crippen LogP contribution is -2.29. The van der Waals surface area contributed by atoms with Crippen LogP contribution in [-0.4, -0.2) is 30.9 Å². The van der Waals surface area contributed by atoms with Crippen molar-refractivity contribution in [1.82, 2.24) is 4.90 Å². The van der Waals surface area contributed by atoms with E-state index in [1.807, 2.05) is 31.3 Å². The van der Waals surface area contributed by atoms with E-state index in [4.69, 9.17) is 5.73 Å². The monoisotopic (exact) mass is 248 g/mol. The molecule has 3 nitrogen and oxygen atoms in total. The Bertz CT molecular complexity index is 390. The van der Waals surface area contributed by atoms with Gasteiger partial charge in [-0.1, -0.05) is 32.9 Å². The van der Waals surface area contributed by atoms with Crippen LogP contribution < -0.4 is 5.73 Å². The molecule has 100 valence electrons. The normalized spacial score (nSPS) is 11.4. The van der Waals surface area contributed by atoms with Crippen LogP contribution in [0.3, 0.4) is 0 Å². The quantitative estimate of drug-likeness (QED) is 0.889. The van der Waals surface area contributed by atoms with E-state index in [-0.39, 0.29) is 11.3 Å². The maximum atomic E-state index is 12.1. The van der Waals surface area contributed by atoms with Gasteiger partial charge >= 0.3 is 0 Å². The van der Waals surface area contributed by atoms with Gasteiger partial charge in [0.05, 0.1) is 0 Å². The van der Waals surface area contributed by atoms with E-state index in [0.717, 1.165) is 12.0 Å². The molecule has 1 aromatic rings. The number of carbonyl (C=O) groups is 1. The highest BCUT2D eigenvalue weighted by atomic mass is 16.2. The zero-order chi connectivity index (χ0) is 13.8. The van der Waals surface area contributed by atoms with E-state index >= 15 is 0 Å². The minimum atomic E-state index is 0.0592. The van der Waals surface area contributed by atoms with Crippen molar-refractivity contribution in [3.05, 3.63) is 35.4 Å². The summed E-state index contributed by atoms with van der Waals surface area (Å²) in [5.41, 5.74) is 7.54. The lowest BCUT2D eigenvalue weighted by atomic mass is 9.86. The summed E-state index contributed by atoms with van der Waals surface area (Å²) in [6.45, 7) is 7.81. The Balaban J connectivity index is 2.76. The summed E-state index contributed by atoms with van der Waals surface area (Å²) in [6, 6.07) is 7.87. The maximum Gasteiger partial charge on any atom is 0.253 e. The molecule has 0 radical (unpaired) electrons. The second-order valence-electron chi connectivity index (χ2n) is 5.70. The van der Waals surface area contributed by atoms with Crippen LogP contribution in [0.5, 0.6) is 0 Å². The van der Waals surface area contributed by atoms with Gasteiger partial charge in [-0.2, -0.15) is 0 Å². The zero-order valence-corrected chi connectivity index (χ0v) is 11.9. The molecule has 0 atom stereocenters. The average Bonchev–Trinajstić information content (AvgIpc) is 2.34. The molecule has 1 amide bonds. The van der Waals surface area contributed by atoms with Crippen molar-refractivity contribution in [3.63, 3.8) is 0 Å². The van der Waals surface area contributed by atoms with Crippen molar-refractivity contribution in [2.24, 2.45) is 5.73 Å². The number of benzene rings is 1. The molecule has 3 heteroatoms. The second kappa shape index (κ2) is 6.01. The summed E-state index contributed by atoms with van der Waals surface area (Å²) in [7, 11) is 1.82. The molecule has 1 rings (SSSR count). The third kappa shape index (κ3) is 3.84. The lowest BCUT2D eigenvalue weighted by Gasteiger charge is -2.20. The van der Waals surface area contributed by atoms with E-state index in [1.54, 1.807) is 4.90 Å². The summed E-state index contributed by atoms with van der Waals surface area (Å²) in [5, 5.41) is 0. The Hall–Kier alpha value is -1.35. The maximum absolute atomic E-state index is 12.1. The third-order valence-corrected chi connectivity index (χ3v) is 3.04. The molecule has 18 heavy (non-hydrogen) atoms. The summed E-state index contributed by atoms with van der Waals surface area (Å²) < 4.78 is 0. The highest BCUT2D eigenvalue weighted by Crippen LogP contribution is 2.22. The highest BCUT2D eigenvalue weighted by molar-refractivity contribution is 5.94. The second-order valence-corrected chi connectivity index (χ2v) is 5.70. The number of amides is 1. The van der Waals surface area contributed by atoms with Crippen LogP contribution in [0, 0.1) is 0 Å². The summed E-state index contributed by atoms with van der Waals surface area (Å²) in [6.07, 6.45) is 0.836. The number of nitrogens with zero attached hydrogens (tertiary/aromatic N) is 1. The molecule has 0 unspecified atom stereocenters. The van der Waals surface area contributed by atoms with Crippen LogP contribution in [0.4, 0.5) is 0 Å². The Labute approximate surface area is 110 Å². The molecule has 0 fully saturated rings. The minimum Gasteiger partial charge on any atom is -0.342 e. The molecular weight excluding hydrogens is 224 g/mol. The topological polar surface area (TPSA) is 46.3 Å². The van der Waals surface area contributed by atoms with E-state index < -0.39 is 0 Å². The van der Waals surface area contributed by atoms with Crippen LogP contribution in [-0.2, 0) is 5.41 Å². The lowest BCUT2D eigenvalue weighted by molar-refractivity contribution is 0.0794. The fraction of sp³-hybridized carbons (Fsp3) is 0.533. The van der Waals surface area contributed by atoms with E-state index in [1.165, 1.54) is 5.56 Å². The van der Waals surface area contributed by atoms with Gasteiger partial charge in [0.25, 0.3) is 5.91 Å². The number of rotatable bonds is 4. The van der Waals surface area contributed by atoms with Gasteiger partial charge in [-0.15, -0.1) is 0 Å².